The first-order valence-electron chi connectivity index (χ1n) is 6.58. The van der Waals surface area contributed by atoms with Crippen LogP contribution in [0.5, 0.6) is 0 Å². The zero-order valence-electron chi connectivity index (χ0n) is 12.1. The minimum atomic E-state index is -3.21. The molecule has 1 aromatic carbocycles. The van der Waals surface area contributed by atoms with E-state index in [2.05, 4.69) is 5.32 Å². The van der Waals surface area contributed by atoms with Crippen molar-refractivity contribution in [3.05, 3.63) is 29.8 Å². The molecule has 0 saturated heterocycles. The molecule has 0 aliphatic heterocycles. The van der Waals surface area contributed by atoms with Crippen LogP contribution in [-0.2, 0) is 9.84 Å². The van der Waals surface area contributed by atoms with Crippen LogP contribution < -0.4 is 5.32 Å². The van der Waals surface area contributed by atoms with Gasteiger partial charge in [0.15, 0.2) is 9.84 Å². The lowest BCUT2D eigenvalue weighted by atomic mass is 10.0. The van der Waals surface area contributed by atoms with Gasteiger partial charge in [-0.3, -0.25) is 0 Å². The predicted molar refractivity (Wildman–Crippen MR) is 78.2 cm³/mol. The van der Waals surface area contributed by atoms with Gasteiger partial charge < -0.3 is 15.5 Å². The van der Waals surface area contributed by atoms with Crippen LogP contribution in [0.3, 0.4) is 0 Å². The zero-order chi connectivity index (χ0) is 15.3. The summed E-state index contributed by atoms with van der Waals surface area (Å²) in [4.78, 5) is 0.240. The molecule has 0 aliphatic carbocycles. The molecule has 0 radical (unpaired) electrons. The molecule has 20 heavy (non-hydrogen) atoms. The van der Waals surface area contributed by atoms with Crippen molar-refractivity contribution in [3.8, 4) is 0 Å². The van der Waals surface area contributed by atoms with Crippen LogP contribution in [0.4, 0.5) is 0 Å². The van der Waals surface area contributed by atoms with Gasteiger partial charge in [-0.25, -0.2) is 8.42 Å². The molecule has 5 nitrogen and oxygen atoms in total. The average Bonchev–Trinajstić information content (AvgIpc) is 2.42. The summed E-state index contributed by atoms with van der Waals surface area (Å²) in [6, 6.07) is 6.30. The highest BCUT2D eigenvalue weighted by molar-refractivity contribution is 7.90. The number of hydrogen-bond acceptors (Lipinski definition) is 5. The van der Waals surface area contributed by atoms with E-state index in [1.54, 1.807) is 12.1 Å². The van der Waals surface area contributed by atoms with E-state index in [9.17, 15) is 13.5 Å². The third kappa shape index (κ3) is 4.86. The Bertz CT molecular complexity index is 512. The first-order chi connectivity index (χ1) is 9.25. The van der Waals surface area contributed by atoms with Crippen LogP contribution in [0.25, 0.3) is 0 Å². The summed E-state index contributed by atoms with van der Waals surface area (Å²) in [5.74, 6) is 0.106. The molecular weight excluding hydrogens is 278 g/mol. The van der Waals surface area contributed by atoms with Crippen molar-refractivity contribution in [3.63, 3.8) is 0 Å². The molecule has 3 unspecified atom stereocenters. The lowest BCUT2D eigenvalue weighted by molar-refractivity contribution is 0.155. The maximum Gasteiger partial charge on any atom is 0.175 e. The summed E-state index contributed by atoms with van der Waals surface area (Å²) < 4.78 is 22.7. The molecule has 0 spiro atoms. The van der Waals surface area contributed by atoms with Crippen molar-refractivity contribution in [2.75, 3.05) is 19.4 Å². The molecule has 6 heteroatoms. The van der Waals surface area contributed by atoms with E-state index in [0.29, 0.717) is 12.1 Å². The van der Waals surface area contributed by atoms with Crippen molar-refractivity contribution < 1.29 is 18.6 Å². The van der Waals surface area contributed by atoms with Gasteiger partial charge in [0.1, 0.15) is 0 Å². The molecule has 0 bridgehead atoms. The molecule has 0 aliphatic rings. The van der Waals surface area contributed by atoms with Crippen LogP contribution >= 0.6 is 0 Å². The number of rotatable bonds is 7. The van der Waals surface area contributed by atoms with E-state index >= 15 is 0 Å². The van der Waals surface area contributed by atoms with E-state index in [1.165, 1.54) is 12.1 Å². The Kier molecular flexibility index (Phi) is 6.13. The average molecular weight is 301 g/mol. The summed E-state index contributed by atoms with van der Waals surface area (Å²) in [5, 5.41) is 22.2. The summed E-state index contributed by atoms with van der Waals surface area (Å²) in [5.41, 5.74) is 0.661. The smallest absolute Gasteiger partial charge is 0.175 e. The van der Waals surface area contributed by atoms with Crippen molar-refractivity contribution in [2.45, 2.75) is 30.9 Å². The van der Waals surface area contributed by atoms with Gasteiger partial charge in [0, 0.05) is 25.4 Å². The number of benzene rings is 1. The molecular formula is C14H23NO4S. The second-order valence-corrected chi connectivity index (χ2v) is 7.23. The van der Waals surface area contributed by atoms with E-state index in [-0.39, 0.29) is 23.5 Å². The minimum absolute atomic E-state index is 0.0879. The normalized spacial score (nSPS) is 16.6. The molecule has 0 fully saturated rings. The molecule has 3 N–H and O–H groups in total. The highest BCUT2D eigenvalue weighted by Gasteiger charge is 2.14. The first-order valence-corrected chi connectivity index (χ1v) is 8.47. The molecule has 0 heterocycles. The van der Waals surface area contributed by atoms with Crippen LogP contribution in [0.1, 0.15) is 25.5 Å². The molecule has 0 saturated carbocycles. The Labute approximate surface area is 120 Å². The Morgan fingerprint density at radius 2 is 1.75 bits per heavy atom. The van der Waals surface area contributed by atoms with Crippen LogP contribution in [0.15, 0.2) is 29.2 Å². The maximum atomic E-state index is 11.3. The van der Waals surface area contributed by atoms with Crippen LogP contribution in [0, 0.1) is 5.92 Å². The molecule has 0 amide bonds. The summed E-state index contributed by atoms with van der Waals surface area (Å²) in [6.07, 6.45) is 0.440. The first kappa shape index (κ1) is 17.1. The molecule has 114 valence electrons. The monoisotopic (exact) mass is 301 g/mol. The lowest BCUT2D eigenvalue weighted by Gasteiger charge is -2.21. The Hall–Kier alpha value is -0.950. The van der Waals surface area contributed by atoms with Crippen molar-refractivity contribution in [2.24, 2.45) is 5.92 Å². The van der Waals surface area contributed by atoms with E-state index < -0.39 is 15.9 Å². The van der Waals surface area contributed by atoms with Gasteiger partial charge >= 0.3 is 0 Å². The number of hydrogen-bond donors (Lipinski definition) is 3. The fraction of sp³-hybridized carbons (Fsp3) is 0.571. The van der Waals surface area contributed by atoms with Gasteiger partial charge in [0.25, 0.3) is 0 Å². The Morgan fingerprint density at radius 1 is 1.20 bits per heavy atom. The largest absolute Gasteiger partial charge is 0.396 e. The number of aliphatic hydroxyl groups excluding tert-OH is 2. The highest BCUT2D eigenvalue weighted by atomic mass is 32.2. The number of nitrogens with one attached hydrogen (secondary N) is 1. The van der Waals surface area contributed by atoms with Crippen LogP contribution in [-0.4, -0.2) is 44.1 Å². The quantitative estimate of drug-likeness (QED) is 0.691. The zero-order valence-corrected chi connectivity index (χ0v) is 12.9. The van der Waals surface area contributed by atoms with Crippen molar-refractivity contribution >= 4 is 9.84 Å². The van der Waals surface area contributed by atoms with E-state index in [0.717, 1.165) is 6.26 Å². The minimum Gasteiger partial charge on any atom is -0.396 e. The van der Waals surface area contributed by atoms with E-state index in [1.807, 2.05) is 13.8 Å². The van der Waals surface area contributed by atoms with E-state index in [4.69, 9.17) is 5.11 Å². The third-order valence-electron chi connectivity index (χ3n) is 3.47. The van der Waals surface area contributed by atoms with Gasteiger partial charge in [-0.15, -0.1) is 0 Å². The standard InChI is InChI=1S/C14H23NO4S/c1-10(9-16)11(2)15-8-14(17)12-4-6-13(7-5-12)20(3,18)19/h4-7,10-11,14-17H,8-9H2,1-3H3. The Balaban J connectivity index is 2.62. The second-order valence-electron chi connectivity index (χ2n) is 5.21. The number of sulfone groups is 1. The molecule has 1 aromatic rings. The number of aliphatic hydroxyl groups is 2. The SMILES string of the molecule is CC(CO)C(C)NCC(O)c1ccc(S(C)(=O)=O)cc1. The summed E-state index contributed by atoms with van der Waals surface area (Å²) in [7, 11) is -3.21. The third-order valence-corrected chi connectivity index (χ3v) is 4.60. The second kappa shape index (κ2) is 7.17. The molecule has 1 rings (SSSR count). The van der Waals surface area contributed by atoms with Gasteiger partial charge in [0.2, 0.25) is 0 Å². The van der Waals surface area contributed by atoms with Gasteiger partial charge in [-0.2, -0.15) is 0 Å². The van der Waals surface area contributed by atoms with Crippen molar-refractivity contribution in [1.29, 1.82) is 0 Å². The summed E-state index contributed by atoms with van der Waals surface area (Å²) >= 11 is 0. The van der Waals surface area contributed by atoms with Gasteiger partial charge in [-0.1, -0.05) is 19.1 Å². The summed E-state index contributed by atoms with van der Waals surface area (Å²) in [6.45, 7) is 4.31. The topological polar surface area (TPSA) is 86.6 Å². The fourth-order valence-corrected chi connectivity index (χ4v) is 2.34. The van der Waals surface area contributed by atoms with Crippen LogP contribution in [0.2, 0.25) is 0 Å². The fourth-order valence-electron chi connectivity index (χ4n) is 1.71. The highest BCUT2D eigenvalue weighted by Crippen LogP contribution is 2.16. The van der Waals surface area contributed by atoms with Gasteiger partial charge in [0.05, 0.1) is 11.0 Å². The maximum absolute atomic E-state index is 11.3. The predicted octanol–water partition coefficient (Wildman–Crippen LogP) is 0.730. The van der Waals surface area contributed by atoms with Crippen molar-refractivity contribution in [1.82, 2.24) is 5.32 Å². The molecule has 3 atom stereocenters. The van der Waals surface area contributed by atoms with Gasteiger partial charge in [-0.05, 0) is 30.5 Å². The lowest BCUT2D eigenvalue weighted by Crippen LogP contribution is -2.36. The molecule has 0 aromatic heterocycles. The Morgan fingerprint density at radius 3 is 2.20 bits per heavy atom.